The van der Waals surface area contributed by atoms with Gasteiger partial charge in [-0.3, -0.25) is 0 Å². The standard InChI is InChI=1S/C14H18FN3/c1-8(2)13(16)14-17-7-12(18-14)10-5-4-9(3)11(15)6-10/h4-8,13H,16H2,1-3H3,(H,17,18). The number of nitrogens with two attached hydrogens (primary N) is 1. The Morgan fingerprint density at radius 2 is 2.06 bits per heavy atom. The number of benzene rings is 1. The normalized spacial score (nSPS) is 13.0. The Kier molecular flexibility index (Phi) is 3.48. The summed E-state index contributed by atoms with van der Waals surface area (Å²) in [5, 5.41) is 0. The fourth-order valence-electron chi connectivity index (χ4n) is 1.73. The first kappa shape index (κ1) is 12.8. The van der Waals surface area contributed by atoms with Crippen LogP contribution in [0.2, 0.25) is 0 Å². The van der Waals surface area contributed by atoms with E-state index < -0.39 is 0 Å². The minimum absolute atomic E-state index is 0.131. The van der Waals surface area contributed by atoms with E-state index in [2.05, 4.69) is 9.97 Å². The van der Waals surface area contributed by atoms with Crippen molar-refractivity contribution in [1.82, 2.24) is 9.97 Å². The summed E-state index contributed by atoms with van der Waals surface area (Å²) in [4.78, 5) is 7.42. The van der Waals surface area contributed by atoms with Crippen molar-refractivity contribution in [1.29, 1.82) is 0 Å². The zero-order chi connectivity index (χ0) is 13.3. The third-order valence-electron chi connectivity index (χ3n) is 3.11. The van der Waals surface area contributed by atoms with Crippen molar-refractivity contribution in [3.8, 4) is 11.3 Å². The van der Waals surface area contributed by atoms with Crippen molar-refractivity contribution in [2.45, 2.75) is 26.8 Å². The summed E-state index contributed by atoms with van der Waals surface area (Å²) in [5.74, 6) is 0.830. The predicted octanol–water partition coefficient (Wildman–Crippen LogP) is 3.18. The lowest BCUT2D eigenvalue weighted by Crippen LogP contribution is -2.18. The summed E-state index contributed by atoms with van der Waals surface area (Å²) in [6.45, 7) is 5.82. The van der Waals surface area contributed by atoms with Crippen LogP contribution in [0, 0.1) is 18.7 Å². The van der Waals surface area contributed by atoms with Gasteiger partial charge in [0.05, 0.1) is 17.9 Å². The van der Waals surface area contributed by atoms with Crippen LogP contribution in [0.1, 0.15) is 31.3 Å². The zero-order valence-electron chi connectivity index (χ0n) is 10.9. The van der Waals surface area contributed by atoms with E-state index in [-0.39, 0.29) is 11.9 Å². The Morgan fingerprint density at radius 3 is 2.67 bits per heavy atom. The molecule has 0 radical (unpaired) electrons. The van der Waals surface area contributed by atoms with E-state index in [4.69, 9.17) is 5.73 Å². The fourth-order valence-corrected chi connectivity index (χ4v) is 1.73. The molecule has 2 rings (SSSR count). The van der Waals surface area contributed by atoms with Crippen LogP contribution in [0.3, 0.4) is 0 Å². The monoisotopic (exact) mass is 247 g/mol. The van der Waals surface area contributed by atoms with Gasteiger partial charge in [0.2, 0.25) is 0 Å². The van der Waals surface area contributed by atoms with Crippen LogP contribution in [0.5, 0.6) is 0 Å². The third kappa shape index (κ3) is 2.43. The van der Waals surface area contributed by atoms with Gasteiger partial charge < -0.3 is 10.7 Å². The number of halogens is 1. The highest BCUT2D eigenvalue weighted by atomic mass is 19.1. The van der Waals surface area contributed by atoms with Crippen molar-refractivity contribution < 1.29 is 4.39 Å². The van der Waals surface area contributed by atoms with Gasteiger partial charge in [0.25, 0.3) is 0 Å². The molecule has 1 aromatic carbocycles. The second-order valence-corrected chi connectivity index (χ2v) is 4.92. The van der Waals surface area contributed by atoms with Crippen LogP contribution >= 0.6 is 0 Å². The summed E-state index contributed by atoms with van der Waals surface area (Å²) in [7, 11) is 0. The number of imidazole rings is 1. The van der Waals surface area contributed by atoms with Crippen molar-refractivity contribution in [3.05, 3.63) is 41.6 Å². The molecule has 2 aromatic rings. The van der Waals surface area contributed by atoms with E-state index in [9.17, 15) is 4.39 Å². The van der Waals surface area contributed by atoms with Crippen LogP contribution in [0.4, 0.5) is 4.39 Å². The molecule has 0 aliphatic carbocycles. The Morgan fingerprint density at radius 1 is 1.33 bits per heavy atom. The van der Waals surface area contributed by atoms with Gasteiger partial charge in [0.1, 0.15) is 11.6 Å². The number of hydrogen-bond acceptors (Lipinski definition) is 2. The molecule has 0 spiro atoms. The van der Waals surface area contributed by atoms with Crippen molar-refractivity contribution >= 4 is 0 Å². The van der Waals surface area contributed by atoms with E-state index >= 15 is 0 Å². The molecule has 1 aromatic heterocycles. The first-order valence-electron chi connectivity index (χ1n) is 6.06. The SMILES string of the molecule is Cc1ccc(-c2cnc(C(N)C(C)C)[nH]2)cc1F. The number of nitrogens with one attached hydrogen (secondary N) is 1. The molecular weight excluding hydrogens is 229 g/mol. The molecule has 1 unspecified atom stereocenters. The summed E-state index contributed by atoms with van der Waals surface area (Å²) in [6, 6.07) is 5.01. The number of rotatable bonds is 3. The molecule has 3 nitrogen and oxygen atoms in total. The average molecular weight is 247 g/mol. The van der Waals surface area contributed by atoms with Crippen molar-refractivity contribution in [2.75, 3.05) is 0 Å². The Bertz CT molecular complexity index is 546. The number of aromatic amines is 1. The molecule has 0 saturated heterocycles. The molecule has 3 N–H and O–H groups in total. The minimum atomic E-state index is -0.211. The van der Waals surface area contributed by atoms with Crippen LogP contribution < -0.4 is 5.73 Å². The lowest BCUT2D eigenvalue weighted by molar-refractivity contribution is 0.494. The fraction of sp³-hybridized carbons (Fsp3) is 0.357. The molecule has 1 heterocycles. The number of aryl methyl sites for hydroxylation is 1. The number of aromatic nitrogens is 2. The molecule has 0 aliphatic rings. The van der Waals surface area contributed by atoms with Gasteiger partial charge >= 0.3 is 0 Å². The van der Waals surface area contributed by atoms with E-state index in [1.807, 2.05) is 19.9 Å². The van der Waals surface area contributed by atoms with Crippen LogP contribution in [0.25, 0.3) is 11.3 Å². The zero-order valence-corrected chi connectivity index (χ0v) is 10.9. The van der Waals surface area contributed by atoms with Gasteiger partial charge in [-0.15, -0.1) is 0 Å². The summed E-state index contributed by atoms with van der Waals surface area (Å²) < 4.78 is 13.5. The van der Waals surface area contributed by atoms with Gasteiger partial charge in [0.15, 0.2) is 0 Å². The average Bonchev–Trinajstić information content (AvgIpc) is 2.81. The molecule has 0 bridgehead atoms. The predicted molar refractivity (Wildman–Crippen MR) is 70.5 cm³/mol. The molecule has 18 heavy (non-hydrogen) atoms. The molecule has 0 fully saturated rings. The topological polar surface area (TPSA) is 54.7 Å². The highest BCUT2D eigenvalue weighted by Crippen LogP contribution is 2.23. The Hall–Kier alpha value is -1.68. The number of H-pyrrole nitrogens is 1. The largest absolute Gasteiger partial charge is 0.341 e. The Balaban J connectivity index is 2.32. The lowest BCUT2D eigenvalue weighted by atomic mass is 10.1. The van der Waals surface area contributed by atoms with Crippen molar-refractivity contribution in [2.24, 2.45) is 11.7 Å². The highest BCUT2D eigenvalue weighted by Gasteiger charge is 2.14. The maximum atomic E-state index is 13.5. The molecule has 0 aliphatic heterocycles. The molecule has 4 heteroatoms. The van der Waals surface area contributed by atoms with Gasteiger partial charge in [-0.1, -0.05) is 26.0 Å². The summed E-state index contributed by atoms with van der Waals surface area (Å²) >= 11 is 0. The lowest BCUT2D eigenvalue weighted by Gasteiger charge is -2.12. The van der Waals surface area contributed by atoms with E-state index in [1.165, 1.54) is 6.07 Å². The number of nitrogens with zero attached hydrogens (tertiary/aromatic N) is 1. The van der Waals surface area contributed by atoms with E-state index in [0.717, 1.165) is 17.1 Å². The maximum absolute atomic E-state index is 13.5. The molecule has 1 atom stereocenters. The molecule has 0 saturated carbocycles. The summed E-state index contributed by atoms with van der Waals surface area (Å²) in [5.41, 5.74) is 8.23. The van der Waals surface area contributed by atoms with Crippen LogP contribution in [-0.4, -0.2) is 9.97 Å². The van der Waals surface area contributed by atoms with E-state index in [1.54, 1.807) is 19.2 Å². The van der Waals surface area contributed by atoms with Gasteiger partial charge in [-0.05, 0) is 24.5 Å². The van der Waals surface area contributed by atoms with Gasteiger partial charge in [0, 0.05) is 5.56 Å². The summed E-state index contributed by atoms with van der Waals surface area (Å²) in [6.07, 6.45) is 1.70. The molecular formula is C14H18FN3. The van der Waals surface area contributed by atoms with Crippen LogP contribution in [-0.2, 0) is 0 Å². The van der Waals surface area contributed by atoms with E-state index in [0.29, 0.717) is 11.5 Å². The quantitative estimate of drug-likeness (QED) is 0.875. The second kappa shape index (κ2) is 4.90. The van der Waals surface area contributed by atoms with Crippen LogP contribution in [0.15, 0.2) is 24.4 Å². The first-order valence-corrected chi connectivity index (χ1v) is 6.06. The van der Waals surface area contributed by atoms with Gasteiger partial charge in [-0.25, -0.2) is 9.37 Å². The second-order valence-electron chi connectivity index (χ2n) is 4.92. The third-order valence-corrected chi connectivity index (χ3v) is 3.11. The van der Waals surface area contributed by atoms with Gasteiger partial charge in [-0.2, -0.15) is 0 Å². The molecule has 96 valence electrons. The minimum Gasteiger partial charge on any atom is -0.341 e. The van der Waals surface area contributed by atoms with Crippen molar-refractivity contribution in [3.63, 3.8) is 0 Å². The smallest absolute Gasteiger partial charge is 0.126 e. The Labute approximate surface area is 106 Å². The number of hydrogen-bond donors (Lipinski definition) is 2. The highest BCUT2D eigenvalue weighted by molar-refractivity contribution is 5.59. The first-order chi connectivity index (χ1) is 8.49. The molecule has 0 amide bonds. The maximum Gasteiger partial charge on any atom is 0.126 e.